The normalized spacial score (nSPS) is 9.92. The number of rotatable bonds is 2. The number of hydrogen-bond acceptors (Lipinski definition) is 4. The lowest BCUT2D eigenvalue weighted by Crippen LogP contribution is -2.18. The monoisotopic (exact) mass is 166 g/mol. The molecule has 1 aromatic rings. The highest BCUT2D eigenvalue weighted by atomic mass is 15.2. The van der Waals surface area contributed by atoms with Gasteiger partial charge in [-0.25, -0.2) is 4.98 Å². The number of nitrogen functional groups attached to an aromatic ring is 1. The Morgan fingerprint density at radius 1 is 1.50 bits per heavy atom. The molecule has 0 atom stereocenters. The molecule has 1 aromatic heterocycles. The molecular weight excluding hydrogens is 152 g/mol. The third-order valence-electron chi connectivity index (χ3n) is 1.72. The van der Waals surface area contributed by atoms with Crippen molar-refractivity contribution >= 4 is 11.8 Å². The average molecular weight is 166 g/mol. The van der Waals surface area contributed by atoms with E-state index in [9.17, 15) is 0 Å². The molecule has 4 nitrogen and oxygen atoms in total. The minimum atomic E-state index is 0.338. The molecule has 0 saturated carbocycles. The minimum absolute atomic E-state index is 0.338. The first-order chi connectivity index (χ1) is 5.63. The molecule has 12 heavy (non-hydrogen) atoms. The Bertz CT molecular complexity index is 252. The minimum Gasteiger partial charge on any atom is -0.368 e. The molecule has 0 aromatic carbocycles. The molecule has 0 aliphatic heterocycles. The molecule has 1 rings (SSSR count). The number of anilines is 2. The molecule has 0 saturated heterocycles. The maximum Gasteiger partial charge on any atom is 0.222 e. The largest absolute Gasteiger partial charge is 0.368 e. The Hall–Kier alpha value is -1.32. The van der Waals surface area contributed by atoms with E-state index in [1.807, 2.05) is 24.9 Å². The Morgan fingerprint density at radius 3 is 2.67 bits per heavy atom. The standard InChI is InChI=1S/C8H14N4/c1-4-12(3)7-5-6(2)10-8(9)11-7/h5H,4H2,1-3H3,(H2,9,10,11). The summed E-state index contributed by atoms with van der Waals surface area (Å²) in [6, 6.07) is 1.92. The number of nitrogens with two attached hydrogens (primary N) is 1. The predicted molar refractivity (Wildman–Crippen MR) is 50.1 cm³/mol. The van der Waals surface area contributed by atoms with Crippen LogP contribution < -0.4 is 10.6 Å². The van der Waals surface area contributed by atoms with Gasteiger partial charge in [-0.2, -0.15) is 4.98 Å². The summed E-state index contributed by atoms with van der Waals surface area (Å²) in [7, 11) is 1.97. The van der Waals surface area contributed by atoms with Crippen LogP contribution in [0, 0.1) is 6.92 Å². The van der Waals surface area contributed by atoms with Gasteiger partial charge in [0.1, 0.15) is 5.82 Å². The van der Waals surface area contributed by atoms with Crippen molar-refractivity contribution in [1.29, 1.82) is 0 Å². The van der Waals surface area contributed by atoms with Crippen LogP contribution in [0.3, 0.4) is 0 Å². The van der Waals surface area contributed by atoms with E-state index in [-0.39, 0.29) is 0 Å². The number of aryl methyl sites for hydroxylation is 1. The third kappa shape index (κ3) is 1.84. The van der Waals surface area contributed by atoms with Crippen molar-refractivity contribution in [3.05, 3.63) is 11.8 Å². The van der Waals surface area contributed by atoms with Crippen LogP contribution in [0.2, 0.25) is 0 Å². The summed E-state index contributed by atoms with van der Waals surface area (Å²) in [5.41, 5.74) is 6.40. The van der Waals surface area contributed by atoms with Gasteiger partial charge in [0, 0.05) is 25.4 Å². The summed E-state index contributed by atoms with van der Waals surface area (Å²) in [6.45, 7) is 4.88. The first-order valence-corrected chi connectivity index (χ1v) is 3.95. The lowest BCUT2D eigenvalue weighted by Gasteiger charge is -2.15. The van der Waals surface area contributed by atoms with Gasteiger partial charge in [-0.1, -0.05) is 0 Å². The summed E-state index contributed by atoms with van der Waals surface area (Å²) >= 11 is 0. The molecule has 0 fully saturated rings. The highest BCUT2D eigenvalue weighted by Crippen LogP contribution is 2.10. The van der Waals surface area contributed by atoms with Crippen molar-refractivity contribution in [2.75, 3.05) is 24.2 Å². The van der Waals surface area contributed by atoms with Crippen molar-refractivity contribution in [2.45, 2.75) is 13.8 Å². The van der Waals surface area contributed by atoms with Crippen LogP contribution in [0.1, 0.15) is 12.6 Å². The zero-order valence-electron chi connectivity index (χ0n) is 7.70. The second kappa shape index (κ2) is 3.38. The zero-order valence-corrected chi connectivity index (χ0v) is 7.70. The summed E-state index contributed by atoms with van der Waals surface area (Å²) in [5.74, 6) is 1.22. The topological polar surface area (TPSA) is 55.0 Å². The fourth-order valence-electron chi connectivity index (χ4n) is 0.932. The van der Waals surface area contributed by atoms with Crippen molar-refractivity contribution < 1.29 is 0 Å². The number of aromatic nitrogens is 2. The van der Waals surface area contributed by atoms with Gasteiger partial charge in [-0.3, -0.25) is 0 Å². The molecule has 0 radical (unpaired) electrons. The van der Waals surface area contributed by atoms with Crippen LogP contribution in [0.15, 0.2) is 6.07 Å². The van der Waals surface area contributed by atoms with E-state index >= 15 is 0 Å². The molecule has 0 aliphatic carbocycles. The quantitative estimate of drug-likeness (QED) is 0.706. The van der Waals surface area contributed by atoms with Crippen LogP contribution >= 0.6 is 0 Å². The smallest absolute Gasteiger partial charge is 0.222 e. The van der Waals surface area contributed by atoms with E-state index < -0.39 is 0 Å². The molecule has 0 bridgehead atoms. The Morgan fingerprint density at radius 2 is 2.17 bits per heavy atom. The summed E-state index contributed by atoms with van der Waals surface area (Å²) in [4.78, 5) is 10.1. The fraction of sp³-hybridized carbons (Fsp3) is 0.500. The lowest BCUT2D eigenvalue weighted by atomic mass is 10.4. The van der Waals surface area contributed by atoms with E-state index in [1.165, 1.54) is 0 Å². The van der Waals surface area contributed by atoms with Gasteiger partial charge in [0.15, 0.2) is 0 Å². The molecular formula is C8H14N4. The molecule has 0 amide bonds. The van der Waals surface area contributed by atoms with Gasteiger partial charge in [0.25, 0.3) is 0 Å². The highest BCUT2D eigenvalue weighted by Gasteiger charge is 2.01. The van der Waals surface area contributed by atoms with Gasteiger partial charge in [-0.15, -0.1) is 0 Å². The maximum atomic E-state index is 5.50. The maximum absolute atomic E-state index is 5.50. The van der Waals surface area contributed by atoms with Crippen LogP contribution in [0.5, 0.6) is 0 Å². The summed E-state index contributed by atoms with van der Waals surface area (Å²) in [5, 5.41) is 0. The molecule has 0 unspecified atom stereocenters. The lowest BCUT2D eigenvalue weighted by molar-refractivity contribution is 0.926. The summed E-state index contributed by atoms with van der Waals surface area (Å²) in [6.07, 6.45) is 0. The Kier molecular flexibility index (Phi) is 2.47. The van der Waals surface area contributed by atoms with Gasteiger partial charge < -0.3 is 10.6 Å². The number of hydrogen-bond donors (Lipinski definition) is 1. The zero-order chi connectivity index (χ0) is 9.14. The fourth-order valence-corrected chi connectivity index (χ4v) is 0.932. The highest BCUT2D eigenvalue weighted by molar-refractivity contribution is 5.42. The van der Waals surface area contributed by atoms with E-state index in [1.54, 1.807) is 0 Å². The second-order valence-electron chi connectivity index (χ2n) is 2.74. The summed E-state index contributed by atoms with van der Waals surface area (Å²) < 4.78 is 0. The van der Waals surface area contributed by atoms with Crippen molar-refractivity contribution in [2.24, 2.45) is 0 Å². The number of nitrogens with zero attached hydrogens (tertiary/aromatic N) is 3. The second-order valence-corrected chi connectivity index (χ2v) is 2.74. The molecule has 0 aliphatic rings. The molecule has 1 heterocycles. The van der Waals surface area contributed by atoms with Gasteiger partial charge >= 0.3 is 0 Å². The van der Waals surface area contributed by atoms with Crippen LogP contribution in [-0.4, -0.2) is 23.6 Å². The van der Waals surface area contributed by atoms with Crippen molar-refractivity contribution in [3.63, 3.8) is 0 Å². The van der Waals surface area contributed by atoms with E-state index in [0.29, 0.717) is 5.95 Å². The van der Waals surface area contributed by atoms with Gasteiger partial charge in [0.05, 0.1) is 0 Å². The van der Waals surface area contributed by atoms with Crippen molar-refractivity contribution in [3.8, 4) is 0 Å². The average Bonchev–Trinajstić information content (AvgIpc) is 2.01. The van der Waals surface area contributed by atoms with E-state index in [4.69, 9.17) is 5.73 Å². The van der Waals surface area contributed by atoms with E-state index in [2.05, 4.69) is 16.9 Å². The molecule has 2 N–H and O–H groups in total. The first kappa shape index (κ1) is 8.77. The van der Waals surface area contributed by atoms with Crippen LogP contribution in [0.4, 0.5) is 11.8 Å². The molecule has 66 valence electrons. The van der Waals surface area contributed by atoms with Crippen molar-refractivity contribution in [1.82, 2.24) is 9.97 Å². The van der Waals surface area contributed by atoms with Crippen LogP contribution in [-0.2, 0) is 0 Å². The van der Waals surface area contributed by atoms with Gasteiger partial charge in [0.2, 0.25) is 5.95 Å². The predicted octanol–water partition coefficient (Wildman–Crippen LogP) is 0.823. The van der Waals surface area contributed by atoms with Gasteiger partial charge in [-0.05, 0) is 13.8 Å². The Labute approximate surface area is 72.4 Å². The van der Waals surface area contributed by atoms with Crippen LogP contribution in [0.25, 0.3) is 0 Å². The third-order valence-corrected chi connectivity index (χ3v) is 1.72. The molecule has 0 spiro atoms. The van der Waals surface area contributed by atoms with E-state index in [0.717, 1.165) is 18.1 Å². The SMILES string of the molecule is CCN(C)c1cc(C)nc(N)n1. The Balaban J connectivity index is 3.00. The molecule has 4 heteroatoms. The first-order valence-electron chi connectivity index (χ1n) is 3.95.